The highest BCUT2D eigenvalue weighted by Crippen LogP contribution is 2.21. The molecule has 0 aliphatic carbocycles. The Labute approximate surface area is 99.0 Å². The molecule has 1 heterocycles. The first-order chi connectivity index (χ1) is 8.13. The van der Waals surface area contributed by atoms with Crippen LogP contribution in [0, 0.1) is 5.82 Å². The van der Waals surface area contributed by atoms with Crippen molar-refractivity contribution in [1.29, 1.82) is 0 Å². The number of anilines is 1. The predicted molar refractivity (Wildman–Crippen MR) is 62.2 cm³/mol. The average Bonchev–Trinajstić information content (AvgIpc) is 2.29. The number of halogens is 1. The first-order valence-electron chi connectivity index (χ1n) is 5.56. The van der Waals surface area contributed by atoms with Crippen molar-refractivity contribution >= 4 is 11.6 Å². The lowest BCUT2D eigenvalue weighted by atomic mass is 10.1. The van der Waals surface area contributed by atoms with Crippen molar-refractivity contribution in [1.82, 2.24) is 5.32 Å². The third-order valence-electron chi connectivity index (χ3n) is 2.90. The molecule has 0 radical (unpaired) electrons. The highest BCUT2D eigenvalue weighted by Gasteiger charge is 2.33. The molecule has 17 heavy (non-hydrogen) atoms. The molecule has 92 valence electrons. The third-order valence-corrected chi connectivity index (χ3v) is 2.90. The van der Waals surface area contributed by atoms with Gasteiger partial charge in [-0.15, -0.1) is 0 Å². The Morgan fingerprint density at radius 1 is 1.59 bits per heavy atom. The maximum absolute atomic E-state index is 13.2. The van der Waals surface area contributed by atoms with E-state index in [1.54, 1.807) is 12.1 Å². The summed E-state index contributed by atoms with van der Waals surface area (Å²) in [5, 5.41) is 12.0. The molecule has 2 atom stereocenters. The second-order valence-corrected chi connectivity index (χ2v) is 4.18. The summed E-state index contributed by atoms with van der Waals surface area (Å²) in [4.78, 5) is 13.6. The number of hydrogen-bond donors (Lipinski definition) is 2. The van der Waals surface area contributed by atoms with Crippen LogP contribution in [0.1, 0.15) is 6.92 Å². The highest BCUT2D eigenvalue weighted by molar-refractivity contribution is 5.98. The number of hydrogen-bond acceptors (Lipinski definition) is 3. The van der Waals surface area contributed by atoms with E-state index in [2.05, 4.69) is 5.32 Å². The first-order valence-corrected chi connectivity index (χ1v) is 5.56. The summed E-state index contributed by atoms with van der Waals surface area (Å²) in [5.41, 5.74) is 0.530. The van der Waals surface area contributed by atoms with Gasteiger partial charge in [-0.25, -0.2) is 4.39 Å². The largest absolute Gasteiger partial charge is 0.394 e. The summed E-state index contributed by atoms with van der Waals surface area (Å²) in [6.45, 7) is 2.20. The molecule has 1 fully saturated rings. The van der Waals surface area contributed by atoms with Crippen LogP contribution in [0.2, 0.25) is 0 Å². The van der Waals surface area contributed by atoms with E-state index in [4.69, 9.17) is 5.11 Å². The van der Waals surface area contributed by atoms with Crippen LogP contribution in [-0.2, 0) is 4.79 Å². The molecule has 1 amide bonds. The van der Waals surface area contributed by atoms with Crippen LogP contribution < -0.4 is 10.2 Å². The van der Waals surface area contributed by atoms with Crippen LogP contribution in [0.3, 0.4) is 0 Å². The molecular formula is C12H15FN2O2. The lowest BCUT2D eigenvalue weighted by Gasteiger charge is -2.37. The minimum Gasteiger partial charge on any atom is -0.394 e. The minimum absolute atomic E-state index is 0.0629. The number of nitrogens with one attached hydrogen (secondary N) is 1. The zero-order valence-corrected chi connectivity index (χ0v) is 9.56. The van der Waals surface area contributed by atoms with Crippen LogP contribution in [-0.4, -0.2) is 36.2 Å². The Balaban J connectivity index is 2.31. The summed E-state index contributed by atoms with van der Waals surface area (Å²) >= 11 is 0. The molecule has 0 aromatic heterocycles. The summed E-state index contributed by atoms with van der Waals surface area (Å²) < 4.78 is 13.2. The first kappa shape index (κ1) is 12.0. The topological polar surface area (TPSA) is 52.6 Å². The summed E-state index contributed by atoms with van der Waals surface area (Å²) in [6.07, 6.45) is 0. The van der Waals surface area contributed by atoms with E-state index in [0.717, 1.165) is 0 Å². The number of piperazine rings is 1. The van der Waals surface area contributed by atoms with Crippen molar-refractivity contribution < 1.29 is 14.3 Å². The molecule has 2 rings (SSSR count). The van der Waals surface area contributed by atoms with Gasteiger partial charge in [-0.1, -0.05) is 6.07 Å². The van der Waals surface area contributed by atoms with Crippen molar-refractivity contribution in [2.45, 2.75) is 19.0 Å². The van der Waals surface area contributed by atoms with Crippen molar-refractivity contribution in [2.75, 3.05) is 18.1 Å². The van der Waals surface area contributed by atoms with Gasteiger partial charge in [0.25, 0.3) is 0 Å². The van der Waals surface area contributed by atoms with Crippen LogP contribution in [0.25, 0.3) is 0 Å². The Hall–Kier alpha value is -1.46. The molecule has 0 saturated carbocycles. The van der Waals surface area contributed by atoms with Crippen LogP contribution in [0.15, 0.2) is 24.3 Å². The molecule has 1 aromatic rings. The van der Waals surface area contributed by atoms with Gasteiger partial charge in [-0.05, 0) is 25.1 Å². The Morgan fingerprint density at radius 3 is 3.00 bits per heavy atom. The molecule has 0 spiro atoms. The number of aliphatic hydroxyl groups excluding tert-OH is 1. The quantitative estimate of drug-likeness (QED) is 0.789. The normalized spacial score (nSPS) is 25.1. The number of carbonyl (C=O) groups is 1. The number of aliphatic hydroxyl groups is 1. The van der Waals surface area contributed by atoms with Crippen LogP contribution >= 0.6 is 0 Å². The van der Waals surface area contributed by atoms with E-state index >= 15 is 0 Å². The monoisotopic (exact) mass is 238 g/mol. The SMILES string of the molecule is CC1CNC(CO)C(=O)N1c1cccc(F)c1. The Kier molecular flexibility index (Phi) is 3.40. The van der Waals surface area contributed by atoms with Crippen molar-refractivity contribution in [2.24, 2.45) is 0 Å². The van der Waals surface area contributed by atoms with Crippen LogP contribution in [0.4, 0.5) is 10.1 Å². The van der Waals surface area contributed by atoms with E-state index in [0.29, 0.717) is 12.2 Å². The van der Waals surface area contributed by atoms with E-state index < -0.39 is 6.04 Å². The van der Waals surface area contributed by atoms with Crippen LogP contribution in [0.5, 0.6) is 0 Å². The van der Waals surface area contributed by atoms with E-state index in [-0.39, 0.29) is 24.4 Å². The van der Waals surface area contributed by atoms with Gasteiger partial charge in [0.05, 0.1) is 6.61 Å². The lowest BCUT2D eigenvalue weighted by Crippen LogP contribution is -2.60. The molecule has 0 bridgehead atoms. The lowest BCUT2D eigenvalue weighted by molar-refractivity contribution is -0.123. The maximum Gasteiger partial charge on any atom is 0.246 e. The number of rotatable bonds is 2. The van der Waals surface area contributed by atoms with E-state index in [1.165, 1.54) is 17.0 Å². The van der Waals surface area contributed by atoms with Gasteiger partial charge < -0.3 is 15.3 Å². The minimum atomic E-state index is -0.602. The Morgan fingerprint density at radius 2 is 2.35 bits per heavy atom. The zero-order valence-electron chi connectivity index (χ0n) is 9.56. The number of amides is 1. The van der Waals surface area contributed by atoms with Gasteiger partial charge in [0.1, 0.15) is 11.9 Å². The predicted octanol–water partition coefficient (Wildman–Crippen LogP) is 0.511. The average molecular weight is 238 g/mol. The van der Waals surface area contributed by atoms with E-state index in [1.807, 2.05) is 6.92 Å². The summed E-state index contributed by atoms with van der Waals surface area (Å²) in [5.74, 6) is -0.599. The molecule has 4 nitrogen and oxygen atoms in total. The molecule has 1 saturated heterocycles. The summed E-state index contributed by atoms with van der Waals surface area (Å²) in [6, 6.07) is 5.26. The van der Waals surface area contributed by atoms with Gasteiger partial charge in [0, 0.05) is 18.3 Å². The highest BCUT2D eigenvalue weighted by atomic mass is 19.1. The number of carbonyl (C=O) groups excluding carboxylic acids is 1. The van der Waals surface area contributed by atoms with Gasteiger partial charge in [-0.2, -0.15) is 0 Å². The standard InChI is InChI=1S/C12H15FN2O2/c1-8-6-14-11(7-16)12(17)15(8)10-4-2-3-9(13)5-10/h2-5,8,11,14,16H,6-7H2,1H3. The fraction of sp³-hybridized carbons (Fsp3) is 0.417. The molecule has 1 aromatic carbocycles. The van der Waals surface area contributed by atoms with Gasteiger partial charge in [-0.3, -0.25) is 4.79 Å². The fourth-order valence-corrected chi connectivity index (χ4v) is 2.03. The molecule has 2 N–H and O–H groups in total. The third kappa shape index (κ3) is 2.30. The van der Waals surface area contributed by atoms with Gasteiger partial charge in [0.15, 0.2) is 0 Å². The molecule has 1 aliphatic rings. The zero-order chi connectivity index (χ0) is 12.4. The maximum atomic E-state index is 13.2. The molecular weight excluding hydrogens is 223 g/mol. The van der Waals surface area contributed by atoms with Gasteiger partial charge >= 0.3 is 0 Å². The molecule has 2 unspecified atom stereocenters. The summed E-state index contributed by atoms with van der Waals surface area (Å²) in [7, 11) is 0. The Bertz CT molecular complexity index is 425. The second kappa shape index (κ2) is 4.81. The number of nitrogens with zero attached hydrogens (tertiary/aromatic N) is 1. The van der Waals surface area contributed by atoms with E-state index in [9.17, 15) is 9.18 Å². The fourth-order valence-electron chi connectivity index (χ4n) is 2.03. The molecule has 5 heteroatoms. The second-order valence-electron chi connectivity index (χ2n) is 4.18. The number of benzene rings is 1. The molecule has 1 aliphatic heterocycles. The van der Waals surface area contributed by atoms with Gasteiger partial charge in [0.2, 0.25) is 5.91 Å². The van der Waals surface area contributed by atoms with Crippen molar-refractivity contribution in [3.8, 4) is 0 Å². The van der Waals surface area contributed by atoms with Crippen molar-refractivity contribution in [3.63, 3.8) is 0 Å². The smallest absolute Gasteiger partial charge is 0.246 e. The van der Waals surface area contributed by atoms with Crippen molar-refractivity contribution in [3.05, 3.63) is 30.1 Å².